The molecule has 1 aliphatic heterocycles. The first kappa shape index (κ1) is 39.7. The first-order valence-electron chi connectivity index (χ1n) is 19.2. The maximum Gasteiger partial charge on any atom is 0.238 e. The highest BCUT2D eigenvalue weighted by molar-refractivity contribution is 7.89. The van der Waals surface area contributed by atoms with E-state index < -0.39 is 16.1 Å². The molecule has 3 saturated carbocycles. The predicted molar refractivity (Wildman–Crippen MR) is 208 cm³/mol. The lowest BCUT2D eigenvalue weighted by Crippen LogP contribution is -2.61. The monoisotopic (exact) mass is 722 g/mol. The lowest BCUT2D eigenvalue weighted by Gasteiger charge is -2.62. The van der Waals surface area contributed by atoms with Crippen molar-refractivity contribution in [2.24, 2.45) is 28.6 Å². The molecule has 9 heteroatoms. The van der Waals surface area contributed by atoms with Gasteiger partial charge in [0, 0.05) is 43.8 Å². The van der Waals surface area contributed by atoms with Crippen LogP contribution in [0.2, 0.25) is 0 Å². The molecule has 2 aromatic carbocycles. The largest absolute Gasteiger partial charge is 0.496 e. The van der Waals surface area contributed by atoms with E-state index in [0.29, 0.717) is 42.1 Å². The fraction of sp³-hybridized carbons (Fsp3) is 0.690. The van der Waals surface area contributed by atoms with Crippen LogP contribution in [0.15, 0.2) is 42.5 Å². The van der Waals surface area contributed by atoms with Crippen LogP contribution in [0.25, 0.3) is 0 Å². The predicted octanol–water partition coefficient (Wildman–Crippen LogP) is 7.28. The summed E-state index contributed by atoms with van der Waals surface area (Å²) in [5.74, 6) is 2.79. The summed E-state index contributed by atoms with van der Waals surface area (Å²) >= 11 is 0. The van der Waals surface area contributed by atoms with Gasteiger partial charge in [-0.05, 0) is 97.0 Å². The van der Waals surface area contributed by atoms with Crippen molar-refractivity contribution < 1.29 is 17.9 Å². The zero-order valence-corrected chi connectivity index (χ0v) is 34.1. The van der Waals surface area contributed by atoms with E-state index in [2.05, 4.69) is 115 Å². The molecule has 3 aliphatic carbocycles. The van der Waals surface area contributed by atoms with E-state index in [-0.39, 0.29) is 35.7 Å². The number of rotatable bonds is 14. The van der Waals surface area contributed by atoms with Crippen LogP contribution in [0.3, 0.4) is 0 Å². The Balaban J connectivity index is 1.38. The maximum atomic E-state index is 13.8. The number of likely N-dealkylation sites (N-methyl/N-ethyl adjacent to an activating group) is 1. The molecule has 8 nitrogen and oxygen atoms in total. The summed E-state index contributed by atoms with van der Waals surface area (Å²) in [6.07, 6.45) is 3.56. The molecular formula is C42H66N4O4S. The minimum atomic E-state index is -3.55. The van der Waals surface area contributed by atoms with Crippen LogP contribution in [0.4, 0.5) is 0 Å². The summed E-state index contributed by atoms with van der Waals surface area (Å²) in [6, 6.07) is 14.5. The number of carbonyl (C=O) groups excluding carboxylic acids is 1. The second kappa shape index (κ2) is 15.5. The number of methoxy groups -OCH3 is 1. The number of sulfonamides is 1. The van der Waals surface area contributed by atoms with Crippen molar-refractivity contribution in [1.29, 1.82) is 0 Å². The van der Waals surface area contributed by atoms with Crippen molar-refractivity contribution in [3.8, 4) is 5.75 Å². The summed E-state index contributed by atoms with van der Waals surface area (Å²) in [4.78, 5) is 18.6. The lowest BCUT2D eigenvalue weighted by molar-refractivity contribution is -0.136. The van der Waals surface area contributed by atoms with Gasteiger partial charge >= 0.3 is 0 Å². The summed E-state index contributed by atoms with van der Waals surface area (Å²) in [7, 11) is 2.46. The van der Waals surface area contributed by atoms with Crippen LogP contribution < -0.4 is 10.1 Å². The minimum absolute atomic E-state index is 0.00729. The topological polar surface area (TPSA) is 82.2 Å². The van der Waals surface area contributed by atoms with E-state index in [0.717, 1.165) is 42.8 Å². The number of hydrogen-bond donors (Lipinski definition) is 1. The van der Waals surface area contributed by atoms with Crippen molar-refractivity contribution in [3.05, 3.63) is 64.7 Å². The number of amides is 1. The highest BCUT2D eigenvalue weighted by atomic mass is 32.2. The Kier molecular flexibility index (Phi) is 12.1. The molecule has 6 rings (SSSR count). The van der Waals surface area contributed by atoms with Crippen molar-refractivity contribution >= 4 is 15.9 Å². The smallest absolute Gasteiger partial charge is 0.238 e. The van der Waals surface area contributed by atoms with Gasteiger partial charge in [0.05, 0.1) is 12.9 Å². The number of fused-ring (bicyclic) bond motifs is 2. The van der Waals surface area contributed by atoms with E-state index >= 15 is 0 Å². The van der Waals surface area contributed by atoms with Gasteiger partial charge in [0.2, 0.25) is 15.9 Å². The van der Waals surface area contributed by atoms with Gasteiger partial charge in [0.25, 0.3) is 0 Å². The van der Waals surface area contributed by atoms with E-state index in [1.165, 1.54) is 21.9 Å². The number of benzene rings is 2. The highest BCUT2D eigenvalue weighted by Gasteiger charge is 2.56. The van der Waals surface area contributed by atoms with Crippen molar-refractivity contribution in [2.75, 3.05) is 33.5 Å². The second-order valence-electron chi connectivity index (χ2n) is 18.4. The van der Waals surface area contributed by atoms with Crippen LogP contribution in [0.1, 0.15) is 109 Å². The van der Waals surface area contributed by atoms with E-state index in [9.17, 15) is 13.2 Å². The van der Waals surface area contributed by atoms with Crippen LogP contribution in [-0.4, -0.2) is 80.1 Å². The summed E-state index contributed by atoms with van der Waals surface area (Å²) in [5.41, 5.74) is 4.94. The number of hydrogen-bond acceptors (Lipinski definition) is 6. The fourth-order valence-corrected chi connectivity index (χ4v) is 11.0. The third kappa shape index (κ3) is 9.20. The Morgan fingerprint density at radius 2 is 1.76 bits per heavy atom. The van der Waals surface area contributed by atoms with Crippen LogP contribution in [0.5, 0.6) is 5.75 Å². The maximum absolute atomic E-state index is 13.8. The van der Waals surface area contributed by atoms with Gasteiger partial charge in [-0.3, -0.25) is 9.69 Å². The van der Waals surface area contributed by atoms with E-state index in [1.54, 1.807) is 7.11 Å². The summed E-state index contributed by atoms with van der Waals surface area (Å²) in [5, 5.41) is 3.32. The number of nitrogens with one attached hydrogen (secondary N) is 1. The van der Waals surface area contributed by atoms with Gasteiger partial charge in [0.15, 0.2) is 0 Å². The number of ether oxygens (including phenoxy) is 1. The zero-order valence-electron chi connectivity index (χ0n) is 33.3. The van der Waals surface area contributed by atoms with Crippen molar-refractivity contribution in [1.82, 2.24) is 19.4 Å². The first-order valence-corrected chi connectivity index (χ1v) is 20.8. The van der Waals surface area contributed by atoms with Gasteiger partial charge in [-0.25, -0.2) is 8.42 Å². The molecule has 0 spiro atoms. The molecule has 2 bridgehead atoms. The average molecular weight is 723 g/mol. The molecule has 1 amide bonds. The van der Waals surface area contributed by atoms with Crippen LogP contribution >= 0.6 is 0 Å². The highest BCUT2D eigenvalue weighted by Crippen LogP contribution is 2.61. The van der Waals surface area contributed by atoms with E-state index in [4.69, 9.17) is 4.74 Å². The molecular weight excluding hydrogens is 657 g/mol. The molecule has 1 saturated heterocycles. The zero-order chi connectivity index (χ0) is 37.5. The standard InChI is InChI=1S/C42H66N4O4S/c1-28(2)32-15-16-39(50-11)33(20-32)26-45(35(27-44(9)10)23-41(4,5)6)24-30-13-12-14-31(19-30)25-46-38(17-18-51(46,48)49)40(47)43-37-22-34-21-36(29(37)3)42(34,7)8/h12-16,19-20,28-29,34-38H,17-18,21-27H2,1-11H3,(H,43,47). The lowest BCUT2D eigenvalue weighted by atomic mass is 9.45. The minimum Gasteiger partial charge on any atom is -0.496 e. The molecule has 0 aromatic heterocycles. The molecule has 4 fully saturated rings. The van der Waals surface area contributed by atoms with Gasteiger partial charge in [-0.1, -0.05) is 91.8 Å². The Bertz CT molecular complexity index is 1630. The average Bonchev–Trinajstić information content (AvgIpc) is 3.33. The molecule has 4 aliphatic rings. The normalized spacial score (nSPS) is 26.4. The van der Waals surface area contributed by atoms with Crippen LogP contribution in [0, 0.1) is 28.6 Å². The van der Waals surface area contributed by atoms with Gasteiger partial charge < -0.3 is 15.0 Å². The number of carbonyl (C=O) groups is 1. The Morgan fingerprint density at radius 3 is 2.37 bits per heavy atom. The molecule has 284 valence electrons. The third-order valence-electron chi connectivity index (χ3n) is 12.3. The fourth-order valence-electron chi connectivity index (χ4n) is 9.30. The molecule has 6 unspecified atom stereocenters. The number of nitrogens with zero attached hydrogens (tertiary/aromatic N) is 3. The summed E-state index contributed by atoms with van der Waals surface area (Å²) in [6.45, 7) is 20.8. The van der Waals surface area contributed by atoms with Crippen molar-refractivity contribution in [2.45, 2.75) is 125 Å². The Hall–Kier alpha value is -2.46. The van der Waals surface area contributed by atoms with Gasteiger partial charge in [0.1, 0.15) is 11.8 Å². The Labute approximate surface area is 309 Å². The van der Waals surface area contributed by atoms with Crippen LogP contribution in [-0.2, 0) is 34.5 Å². The second-order valence-corrected chi connectivity index (χ2v) is 20.4. The quantitative estimate of drug-likeness (QED) is 0.221. The molecule has 2 aromatic rings. The summed E-state index contributed by atoms with van der Waals surface area (Å²) < 4.78 is 34.2. The molecule has 6 atom stereocenters. The van der Waals surface area contributed by atoms with Gasteiger partial charge in [-0.15, -0.1) is 0 Å². The Morgan fingerprint density at radius 1 is 1.06 bits per heavy atom. The van der Waals surface area contributed by atoms with Crippen molar-refractivity contribution in [3.63, 3.8) is 0 Å². The third-order valence-corrected chi connectivity index (χ3v) is 14.2. The first-order chi connectivity index (χ1) is 23.8. The molecule has 1 N–H and O–H groups in total. The van der Waals surface area contributed by atoms with Gasteiger partial charge in [-0.2, -0.15) is 4.31 Å². The van der Waals surface area contributed by atoms with E-state index in [1.807, 2.05) is 12.1 Å². The molecule has 1 heterocycles. The molecule has 51 heavy (non-hydrogen) atoms. The SMILES string of the molecule is COc1ccc(C(C)C)cc1CN(Cc1cccc(CN2C(C(=O)NC3CC4CC(C3C)C4(C)C)CCS2(=O)=O)c1)C(CN(C)C)CC(C)(C)C. The molecule has 0 radical (unpaired) electrons.